The molecular weight excluding hydrogens is 282 g/mol. The second-order valence-electron chi connectivity index (χ2n) is 4.40. The minimum atomic E-state index is -0.644. The Morgan fingerprint density at radius 1 is 1.47 bits per heavy atom. The van der Waals surface area contributed by atoms with E-state index in [4.69, 9.17) is 10.5 Å². The average molecular weight is 300 g/mol. The molecule has 0 bridgehead atoms. The van der Waals surface area contributed by atoms with Crippen LogP contribution in [0.1, 0.15) is 35.6 Å². The van der Waals surface area contributed by atoms with Gasteiger partial charge in [-0.05, 0) is 58.8 Å². The lowest BCUT2D eigenvalue weighted by atomic mass is 9.86. The zero-order valence-corrected chi connectivity index (χ0v) is 11.6. The Labute approximate surface area is 110 Å². The lowest BCUT2D eigenvalue weighted by Gasteiger charge is -2.25. The fraction of sp³-hybridized carbons (Fsp3) is 0.538. The summed E-state index contributed by atoms with van der Waals surface area (Å²) in [6.45, 7) is 0.221. The standard InChI is InChI=1S/C13H18BrNO2/c1-17-13-10(14)6-8-4-2-3-5-9(8)12(13)11(16)7-15/h6,11,16H,2-5,7,15H2,1H3. The van der Waals surface area contributed by atoms with E-state index in [1.807, 2.05) is 0 Å². The average Bonchev–Trinajstić information content (AvgIpc) is 2.36. The van der Waals surface area contributed by atoms with Crippen molar-refractivity contribution in [1.82, 2.24) is 0 Å². The van der Waals surface area contributed by atoms with Gasteiger partial charge >= 0.3 is 0 Å². The Kier molecular flexibility index (Phi) is 4.07. The predicted molar refractivity (Wildman–Crippen MR) is 71.4 cm³/mol. The van der Waals surface area contributed by atoms with Gasteiger partial charge in [0.05, 0.1) is 17.7 Å². The van der Waals surface area contributed by atoms with Crippen molar-refractivity contribution in [2.24, 2.45) is 5.73 Å². The summed E-state index contributed by atoms with van der Waals surface area (Å²) in [6, 6.07) is 2.11. The van der Waals surface area contributed by atoms with Crippen molar-refractivity contribution in [1.29, 1.82) is 0 Å². The van der Waals surface area contributed by atoms with Crippen LogP contribution in [0, 0.1) is 0 Å². The number of hydrogen-bond acceptors (Lipinski definition) is 3. The molecule has 0 saturated carbocycles. The second-order valence-corrected chi connectivity index (χ2v) is 5.26. The molecule has 0 aromatic heterocycles. The number of hydrogen-bond donors (Lipinski definition) is 2. The minimum Gasteiger partial charge on any atom is -0.495 e. The number of benzene rings is 1. The van der Waals surface area contributed by atoms with Gasteiger partial charge in [0.1, 0.15) is 5.75 Å². The van der Waals surface area contributed by atoms with Gasteiger partial charge in [-0.3, -0.25) is 0 Å². The molecule has 1 aromatic rings. The van der Waals surface area contributed by atoms with Crippen LogP contribution in [0.2, 0.25) is 0 Å². The molecule has 1 aliphatic rings. The van der Waals surface area contributed by atoms with E-state index in [1.165, 1.54) is 24.0 Å². The molecule has 0 heterocycles. The van der Waals surface area contributed by atoms with Crippen LogP contribution in [-0.4, -0.2) is 18.8 Å². The van der Waals surface area contributed by atoms with Gasteiger partial charge in [-0.1, -0.05) is 0 Å². The van der Waals surface area contributed by atoms with Crippen LogP contribution < -0.4 is 10.5 Å². The maximum absolute atomic E-state index is 10.1. The fourth-order valence-corrected chi connectivity index (χ4v) is 3.21. The molecule has 2 rings (SSSR count). The summed E-state index contributed by atoms with van der Waals surface area (Å²) in [5.41, 5.74) is 9.01. The van der Waals surface area contributed by atoms with Crippen molar-refractivity contribution >= 4 is 15.9 Å². The predicted octanol–water partition coefficient (Wildman–Crippen LogP) is 2.33. The largest absolute Gasteiger partial charge is 0.495 e. The van der Waals surface area contributed by atoms with Crippen LogP contribution in [0.4, 0.5) is 0 Å². The van der Waals surface area contributed by atoms with Gasteiger partial charge in [-0.2, -0.15) is 0 Å². The summed E-state index contributed by atoms with van der Waals surface area (Å²) in [7, 11) is 1.63. The van der Waals surface area contributed by atoms with Crippen molar-refractivity contribution in [2.45, 2.75) is 31.8 Å². The maximum atomic E-state index is 10.1. The van der Waals surface area contributed by atoms with Crippen LogP contribution in [0.3, 0.4) is 0 Å². The topological polar surface area (TPSA) is 55.5 Å². The van der Waals surface area contributed by atoms with Gasteiger partial charge in [0.15, 0.2) is 0 Å². The summed E-state index contributed by atoms with van der Waals surface area (Å²) in [6.07, 6.45) is 3.81. The first kappa shape index (κ1) is 12.9. The quantitative estimate of drug-likeness (QED) is 0.901. The number of halogens is 1. The van der Waals surface area contributed by atoms with E-state index < -0.39 is 6.10 Å². The smallest absolute Gasteiger partial charge is 0.139 e. The number of fused-ring (bicyclic) bond motifs is 1. The zero-order valence-electron chi connectivity index (χ0n) is 10.0. The Hall–Kier alpha value is -0.580. The van der Waals surface area contributed by atoms with Gasteiger partial charge in [0.25, 0.3) is 0 Å². The molecule has 4 heteroatoms. The molecule has 0 saturated heterocycles. The first-order valence-electron chi connectivity index (χ1n) is 5.95. The highest BCUT2D eigenvalue weighted by Crippen LogP contribution is 2.40. The Balaban J connectivity index is 2.61. The summed E-state index contributed by atoms with van der Waals surface area (Å²) in [4.78, 5) is 0. The molecule has 0 spiro atoms. The molecule has 3 N–H and O–H groups in total. The number of aryl methyl sites for hydroxylation is 1. The summed E-state index contributed by atoms with van der Waals surface area (Å²) in [5, 5.41) is 10.1. The van der Waals surface area contributed by atoms with Gasteiger partial charge < -0.3 is 15.6 Å². The molecular formula is C13H18BrNO2. The zero-order chi connectivity index (χ0) is 12.4. The number of rotatable bonds is 3. The Morgan fingerprint density at radius 3 is 2.82 bits per heavy atom. The van der Waals surface area contributed by atoms with E-state index in [9.17, 15) is 5.11 Å². The molecule has 1 aromatic carbocycles. The normalized spacial score (nSPS) is 16.5. The first-order chi connectivity index (χ1) is 8.19. The van der Waals surface area contributed by atoms with Gasteiger partial charge in [0.2, 0.25) is 0 Å². The third-order valence-corrected chi connectivity index (χ3v) is 3.95. The molecule has 3 nitrogen and oxygen atoms in total. The fourth-order valence-electron chi connectivity index (χ4n) is 2.56. The van der Waals surface area contributed by atoms with Crippen LogP contribution in [0.15, 0.2) is 10.5 Å². The summed E-state index contributed by atoms with van der Waals surface area (Å²) >= 11 is 3.51. The number of aliphatic hydroxyl groups excluding tert-OH is 1. The van der Waals surface area contributed by atoms with Gasteiger partial charge in [0, 0.05) is 12.1 Å². The summed E-state index contributed by atoms with van der Waals surface area (Å²) in [5.74, 6) is 0.726. The van der Waals surface area contributed by atoms with Crippen molar-refractivity contribution in [3.05, 3.63) is 27.2 Å². The SMILES string of the molecule is COc1c(Br)cc2c(c1C(O)CN)CCCC2. The number of nitrogens with two attached hydrogens (primary N) is 1. The van der Waals surface area contributed by atoms with Crippen LogP contribution in [0.25, 0.3) is 0 Å². The summed E-state index contributed by atoms with van der Waals surface area (Å²) < 4.78 is 6.31. The van der Waals surface area contributed by atoms with Crippen LogP contribution in [-0.2, 0) is 12.8 Å². The van der Waals surface area contributed by atoms with Gasteiger partial charge in [-0.15, -0.1) is 0 Å². The van der Waals surface area contributed by atoms with E-state index in [2.05, 4.69) is 22.0 Å². The molecule has 1 atom stereocenters. The highest BCUT2D eigenvalue weighted by atomic mass is 79.9. The molecule has 0 amide bonds. The lowest BCUT2D eigenvalue weighted by Crippen LogP contribution is -2.17. The van der Waals surface area contributed by atoms with Crippen molar-refractivity contribution < 1.29 is 9.84 Å². The number of ether oxygens (including phenoxy) is 1. The molecule has 1 unspecified atom stereocenters. The third kappa shape index (κ3) is 2.34. The highest BCUT2D eigenvalue weighted by molar-refractivity contribution is 9.10. The van der Waals surface area contributed by atoms with Crippen LogP contribution in [0.5, 0.6) is 5.75 Å². The third-order valence-electron chi connectivity index (χ3n) is 3.36. The van der Waals surface area contributed by atoms with Crippen LogP contribution >= 0.6 is 15.9 Å². The van der Waals surface area contributed by atoms with E-state index in [0.717, 1.165) is 28.6 Å². The number of methoxy groups -OCH3 is 1. The maximum Gasteiger partial charge on any atom is 0.139 e. The van der Waals surface area contributed by atoms with Crippen molar-refractivity contribution in [3.63, 3.8) is 0 Å². The van der Waals surface area contributed by atoms with Crippen molar-refractivity contribution in [2.75, 3.05) is 13.7 Å². The van der Waals surface area contributed by atoms with E-state index in [-0.39, 0.29) is 6.54 Å². The Bertz CT molecular complexity index is 420. The molecule has 17 heavy (non-hydrogen) atoms. The monoisotopic (exact) mass is 299 g/mol. The molecule has 0 aliphatic heterocycles. The first-order valence-corrected chi connectivity index (χ1v) is 6.74. The highest BCUT2D eigenvalue weighted by Gasteiger charge is 2.24. The van der Waals surface area contributed by atoms with Crippen molar-refractivity contribution in [3.8, 4) is 5.75 Å². The van der Waals surface area contributed by atoms with Gasteiger partial charge in [-0.25, -0.2) is 0 Å². The molecule has 1 aliphatic carbocycles. The Morgan fingerprint density at radius 2 is 2.18 bits per heavy atom. The molecule has 0 radical (unpaired) electrons. The van der Waals surface area contributed by atoms with E-state index in [1.54, 1.807) is 7.11 Å². The molecule has 0 fully saturated rings. The minimum absolute atomic E-state index is 0.221. The second kappa shape index (κ2) is 5.38. The lowest BCUT2D eigenvalue weighted by molar-refractivity contribution is 0.180. The number of aliphatic hydroxyl groups is 1. The van der Waals surface area contributed by atoms with E-state index in [0.29, 0.717) is 0 Å². The molecule has 94 valence electrons. The van der Waals surface area contributed by atoms with E-state index >= 15 is 0 Å².